The minimum absolute atomic E-state index is 0.447. The Morgan fingerprint density at radius 1 is 2.00 bits per heavy atom. The van der Waals surface area contributed by atoms with Crippen LogP contribution in [0.25, 0.3) is 0 Å². The minimum atomic E-state index is -0.447. The van der Waals surface area contributed by atoms with Gasteiger partial charge in [-0.15, -0.1) is 0 Å². The van der Waals surface area contributed by atoms with Crippen LogP contribution in [-0.2, 0) is 4.79 Å². The monoisotopic (exact) mass is 84.0 g/mol. The summed E-state index contributed by atoms with van der Waals surface area (Å²) in [5.74, 6) is -0.447. The SMILES string of the molecule is C[C]=CC(N)=O. The molecule has 0 rings (SSSR count). The molecule has 0 fully saturated rings. The molecule has 1 amide bonds. The number of hydrogen-bond donors (Lipinski definition) is 1. The van der Waals surface area contributed by atoms with Crippen molar-refractivity contribution >= 4 is 5.91 Å². The summed E-state index contributed by atoms with van der Waals surface area (Å²) in [6.45, 7) is 1.62. The molecule has 0 bridgehead atoms. The highest BCUT2D eigenvalue weighted by atomic mass is 16.1. The Bertz CT molecular complexity index is 75.6. The van der Waals surface area contributed by atoms with E-state index in [1.165, 1.54) is 6.08 Å². The van der Waals surface area contributed by atoms with Crippen molar-refractivity contribution in [3.05, 3.63) is 12.2 Å². The average Bonchev–Trinajstić information content (AvgIpc) is 1.35. The summed E-state index contributed by atoms with van der Waals surface area (Å²) in [6.07, 6.45) is 3.65. The summed E-state index contributed by atoms with van der Waals surface area (Å²) in [5, 5.41) is 0. The zero-order valence-corrected chi connectivity index (χ0v) is 3.56. The normalized spacial score (nSPS) is 9.50. The van der Waals surface area contributed by atoms with Gasteiger partial charge in [0, 0.05) is 6.08 Å². The van der Waals surface area contributed by atoms with Crippen LogP contribution in [0.4, 0.5) is 0 Å². The van der Waals surface area contributed by atoms with E-state index >= 15 is 0 Å². The Kier molecular flexibility index (Phi) is 2.13. The third-order valence-electron chi connectivity index (χ3n) is 0.287. The first-order chi connectivity index (χ1) is 2.77. The molecule has 2 N–H and O–H groups in total. The standard InChI is InChI=1S/C4H6NO/c1-2-3-4(5)6/h3H,1H3,(H2,5,6). The van der Waals surface area contributed by atoms with Gasteiger partial charge in [-0.3, -0.25) is 4.79 Å². The summed E-state index contributed by atoms with van der Waals surface area (Å²) >= 11 is 0. The molecule has 0 aliphatic heterocycles. The smallest absolute Gasteiger partial charge is 0.241 e. The van der Waals surface area contributed by atoms with Gasteiger partial charge in [0.15, 0.2) is 0 Å². The van der Waals surface area contributed by atoms with E-state index in [0.29, 0.717) is 0 Å². The van der Waals surface area contributed by atoms with E-state index in [-0.39, 0.29) is 0 Å². The molecule has 0 unspecified atom stereocenters. The van der Waals surface area contributed by atoms with Crippen LogP contribution in [0.15, 0.2) is 6.08 Å². The van der Waals surface area contributed by atoms with Crippen molar-refractivity contribution in [2.24, 2.45) is 5.73 Å². The van der Waals surface area contributed by atoms with Gasteiger partial charge in [0.25, 0.3) is 0 Å². The molecule has 33 valence electrons. The van der Waals surface area contributed by atoms with Crippen LogP contribution < -0.4 is 5.73 Å². The van der Waals surface area contributed by atoms with Crippen molar-refractivity contribution in [2.75, 3.05) is 0 Å². The maximum atomic E-state index is 9.70. The lowest BCUT2D eigenvalue weighted by molar-refractivity contribution is -0.113. The van der Waals surface area contributed by atoms with Crippen LogP contribution in [0, 0.1) is 6.08 Å². The fourth-order valence-electron chi connectivity index (χ4n) is 0.142. The van der Waals surface area contributed by atoms with E-state index in [0.717, 1.165) is 0 Å². The topological polar surface area (TPSA) is 43.1 Å². The molecule has 0 aliphatic rings. The lowest BCUT2D eigenvalue weighted by Gasteiger charge is -1.69. The number of primary amides is 1. The second kappa shape index (κ2) is 2.45. The Morgan fingerprint density at radius 3 is 2.50 bits per heavy atom. The molecule has 0 aromatic heterocycles. The maximum absolute atomic E-state index is 9.70. The average molecular weight is 84.1 g/mol. The van der Waals surface area contributed by atoms with Gasteiger partial charge in [-0.2, -0.15) is 0 Å². The number of allylic oxidation sites excluding steroid dienone is 1. The summed E-state index contributed by atoms with van der Waals surface area (Å²) in [6, 6.07) is 0. The van der Waals surface area contributed by atoms with Crippen LogP contribution in [0.1, 0.15) is 6.92 Å². The predicted octanol–water partition coefficient (Wildman–Crippen LogP) is -0.149. The first-order valence-corrected chi connectivity index (χ1v) is 1.57. The fourth-order valence-corrected chi connectivity index (χ4v) is 0.142. The summed E-state index contributed by atoms with van der Waals surface area (Å²) in [5.41, 5.74) is 4.65. The van der Waals surface area contributed by atoms with Gasteiger partial charge in [-0.05, 0) is 13.0 Å². The van der Waals surface area contributed by atoms with Gasteiger partial charge in [0.05, 0.1) is 0 Å². The van der Waals surface area contributed by atoms with Crippen LogP contribution in [0.2, 0.25) is 0 Å². The second-order valence-electron chi connectivity index (χ2n) is 0.835. The first kappa shape index (κ1) is 5.21. The van der Waals surface area contributed by atoms with E-state index in [1.54, 1.807) is 6.92 Å². The molecule has 0 spiro atoms. The highest BCUT2D eigenvalue weighted by molar-refractivity contribution is 5.85. The molecule has 0 saturated carbocycles. The van der Waals surface area contributed by atoms with Gasteiger partial charge in [0.1, 0.15) is 0 Å². The number of amides is 1. The second-order valence-corrected chi connectivity index (χ2v) is 0.835. The quantitative estimate of drug-likeness (QED) is 0.441. The van der Waals surface area contributed by atoms with Crippen LogP contribution in [0.3, 0.4) is 0 Å². The first-order valence-electron chi connectivity index (χ1n) is 1.57. The van der Waals surface area contributed by atoms with Gasteiger partial charge in [0.2, 0.25) is 5.91 Å². The van der Waals surface area contributed by atoms with Crippen LogP contribution in [0.5, 0.6) is 0 Å². The van der Waals surface area contributed by atoms with Crippen LogP contribution >= 0.6 is 0 Å². The van der Waals surface area contributed by atoms with Crippen molar-refractivity contribution in [3.63, 3.8) is 0 Å². The number of carbonyl (C=O) groups excluding carboxylic acids is 1. The molecule has 0 atom stereocenters. The molecule has 0 aromatic rings. The predicted molar refractivity (Wildman–Crippen MR) is 22.7 cm³/mol. The maximum Gasteiger partial charge on any atom is 0.241 e. The van der Waals surface area contributed by atoms with E-state index < -0.39 is 5.91 Å². The third kappa shape index (κ3) is 3.21. The molecule has 1 radical (unpaired) electrons. The van der Waals surface area contributed by atoms with E-state index in [2.05, 4.69) is 11.8 Å². The Morgan fingerprint density at radius 2 is 2.50 bits per heavy atom. The molecule has 0 aromatic carbocycles. The summed E-state index contributed by atoms with van der Waals surface area (Å²) in [4.78, 5) is 9.70. The van der Waals surface area contributed by atoms with E-state index in [1.807, 2.05) is 0 Å². The van der Waals surface area contributed by atoms with Crippen molar-refractivity contribution in [3.8, 4) is 0 Å². The van der Waals surface area contributed by atoms with Crippen LogP contribution in [-0.4, -0.2) is 5.91 Å². The van der Waals surface area contributed by atoms with Crippen molar-refractivity contribution < 1.29 is 4.79 Å². The Labute approximate surface area is 36.6 Å². The van der Waals surface area contributed by atoms with Crippen molar-refractivity contribution in [1.82, 2.24) is 0 Å². The molecular formula is C4H6NO. The molecule has 2 nitrogen and oxygen atoms in total. The number of rotatable bonds is 1. The minimum Gasteiger partial charge on any atom is -0.366 e. The number of hydrogen-bond acceptors (Lipinski definition) is 1. The molecule has 0 aliphatic carbocycles. The Balaban J connectivity index is 3.30. The summed E-state index contributed by atoms with van der Waals surface area (Å²) in [7, 11) is 0. The zero-order valence-electron chi connectivity index (χ0n) is 3.56. The molecule has 0 heterocycles. The van der Waals surface area contributed by atoms with E-state index in [9.17, 15) is 4.79 Å². The van der Waals surface area contributed by atoms with Gasteiger partial charge in [-0.25, -0.2) is 0 Å². The number of carbonyl (C=O) groups is 1. The van der Waals surface area contributed by atoms with Gasteiger partial charge < -0.3 is 5.73 Å². The Hall–Kier alpha value is -0.790. The highest BCUT2D eigenvalue weighted by Gasteiger charge is 1.73. The molecule has 6 heavy (non-hydrogen) atoms. The fraction of sp³-hybridized carbons (Fsp3) is 0.250. The lowest BCUT2D eigenvalue weighted by Crippen LogP contribution is -2.04. The van der Waals surface area contributed by atoms with E-state index in [4.69, 9.17) is 0 Å². The van der Waals surface area contributed by atoms with Gasteiger partial charge >= 0.3 is 0 Å². The van der Waals surface area contributed by atoms with Crippen molar-refractivity contribution in [2.45, 2.75) is 6.92 Å². The number of nitrogens with two attached hydrogens (primary N) is 1. The highest BCUT2D eigenvalue weighted by Crippen LogP contribution is 1.60. The lowest BCUT2D eigenvalue weighted by atomic mass is 10.5. The van der Waals surface area contributed by atoms with Crippen molar-refractivity contribution in [1.29, 1.82) is 0 Å². The zero-order chi connectivity index (χ0) is 4.99. The van der Waals surface area contributed by atoms with Gasteiger partial charge in [-0.1, -0.05) is 0 Å². The summed E-state index contributed by atoms with van der Waals surface area (Å²) < 4.78 is 0. The molecular weight excluding hydrogens is 78.0 g/mol. The molecule has 0 saturated heterocycles. The third-order valence-corrected chi connectivity index (χ3v) is 0.287. The molecule has 2 heteroatoms. The largest absolute Gasteiger partial charge is 0.366 e.